The van der Waals surface area contributed by atoms with Crippen molar-refractivity contribution < 1.29 is 0 Å². The fourth-order valence-corrected chi connectivity index (χ4v) is 0.102. The molecule has 2 nitrogen and oxygen atoms in total. The predicted octanol–water partition coefficient (Wildman–Crippen LogP) is 1.31. The standard InChI is InChI=1S/C6H12N2.ClH/c1-5(8)6(2,3)4-7;/h5H,8H2,1-3H3;1H/t5-;/m0./s1. The molecule has 0 bridgehead atoms. The lowest BCUT2D eigenvalue weighted by Crippen LogP contribution is -2.32. The second-order valence-electron chi connectivity index (χ2n) is 2.62. The molecule has 0 aliphatic rings. The van der Waals surface area contributed by atoms with Gasteiger partial charge in [-0.05, 0) is 20.8 Å². The molecule has 3 heteroatoms. The van der Waals surface area contributed by atoms with E-state index < -0.39 is 0 Å². The quantitative estimate of drug-likeness (QED) is 0.610. The molecule has 0 heterocycles. The molecule has 0 aliphatic heterocycles. The van der Waals surface area contributed by atoms with Crippen LogP contribution in [0.2, 0.25) is 0 Å². The van der Waals surface area contributed by atoms with Crippen molar-refractivity contribution in [1.29, 1.82) is 5.26 Å². The molecule has 0 aromatic carbocycles. The number of rotatable bonds is 1. The van der Waals surface area contributed by atoms with Crippen LogP contribution >= 0.6 is 12.4 Å². The Morgan fingerprint density at radius 1 is 1.56 bits per heavy atom. The monoisotopic (exact) mass is 148 g/mol. The minimum absolute atomic E-state index is 0. The van der Waals surface area contributed by atoms with Crippen LogP contribution in [0.25, 0.3) is 0 Å². The molecule has 0 rings (SSSR count). The topological polar surface area (TPSA) is 49.8 Å². The lowest BCUT2D eigenvalue weighted by atomic mass is 9.88. The minimum Gasteiger partial charge on any atom is -0.327 e. The van der Waals surface area contributed by atoms with Gasteiger partial charge < -0.3 is 5.73 Å². The maximum atomic E-state index is 8.43. The zero-order valence-corrected chi connectivity index (χ0v) is 6.83. The SMILES string of the molecule is C[C@H](N)C(C)(C)C#N.Cl. The number of hydrogen-bond acceptors (Lipinski definition) is 2. The average molecular weight is 149 g/mol. The molecule has 1 atom stereocenters. The molecule has 0 spiro atoms. The van der Waals surface area contributed by atoms with Gasteiger partial charge in [0.25, 0.3) is 0 Å². The first-order valence-electron chi connectivity index (χ1n) is 2.67. The van der Waals surface area contributed by atoms with E-state index in [0.29, 0.717) is 0 Å². The Labute approximate surface area is 62.4 Å². The lowest BCUT2D eigenvalue weighted by molar-refractivity contribution is 0.407. The van der Waals surface area contributed by atoms with Crippen molar-refractivity contribution in [1.82, 2.24) is 0 Å². The summed E-state index contributed by atoms with van der Waals surface area (Å²) in [5.41, 5.74) is 5.08. The summed E-state index contributed by atoms with van der Waals surface area (Å²) in [6, 6.07) is 2.07. The van der Waals surface area contributed by atoms with Crippen LogP contribution in [0, 0.1) is 16.7 Å². The third-order valence-corrected chi connectivity index (χ3v) is 1.43. The Morgan fingerprint density at radius 2 is 1.89 bits per heavy atom. The molecule has 54 valence electrons. The summed E-state index contributed by atoms with van der Waals surface area (Å²) in [6.07, 6.45) is 0. The van der Waals surface area contributed by atoms with Crippen molar-refractivity contribution >= 4 is 12.4 Å². The molecular formula is C6H13ClN2. The Hall–Kier alpha value is -0.260. The number of nitriles is 1. The summed E-state index contributed by atoms with van der Waals surface area (Å²) in [5, 5.41) is 8.43. The zero-order valence-electron chi connectivity index (χ0n) is 6.01. The maximum Gasteiger partial charge on any atom is 0.0700 e. The van der Waals surface area contributed by atoms with Gasteiger partial charge in [0.15, 0.2) is 0 Å². The molecule has 0 aromatic rings. The molecule has 0 saturated heterocycles. The highest BCUT2D eigenvalue weighted by molar-refractivity contribution is 5.85. The first-order chi connectivity index (χ1) is 3.50. The van der Waals surface area contributed by atoms with Crippen molar-refractivity contribution in [3.63, 3.8) is 0 Å². The van der Waals surface area contributed by atoms with Gasteiger partial charge in [0.05, 0.1) is 11.5 Å². The Kier molecular flexibility index (Phi) is 4.75. The number of nitrogens with two attached hydrogens (primary N) is 1. The summed E-state index contributed by atoms with van der Waals surface area (Å²) >= 11 is 0. The molecule has 0 unspecified atom stereocenters. The van der Waals surface area contributed by atoms with Gasteiger partial charge in [-0.1, -0.05) is 0 Å². The van der Waals surface area contributed by atoms with Crippen molar-refractivity contribution in [3.8, 4) is 6.07 Å². The third kappa shape index (κ3) is 3.34. The van der Waals surface area contributed by atoms with E-state index >= 15 is 0 Å². The van der Waals surface area contributed by atoms with Crippen LogP contribution in [0.15, 0.2) is 0 Å². The first kappa shape index (κ1) is 11.5. The van der Waals surface area contributed by atoms with Crippen LogP contribution in [-0.4, -0.2) is 6.04 Å². The molecule has 0 aliphatic carbocycles. The third-order valence-electron chi connectivity index (χ3n) is 1.43. The fraction of sp³-hybridized carbons (Fsp3) is 0.833. The van der Waals surface area contributed by atoms with Crippen LogP contribution in [0.3, 0.4) is 0 Å². The Balaban J connectivity index is 0. The van der Waals surface area contributed by atoms with E-state index in [2.05, 4.69) is 6.07 Å². The molecular weight excluding hydrogens is 136 g/mol. The van der Waals surface area contributed by atoms with Gasteiger partial charge in [-0.25, -0.2) is 0 Å². The van der Waals surface area contributed by atoms with E-state index in [1.54, 1.807) is 0 Å². The van der Waals surface area contributed by atoms with E-state index in [-0.39, 0.29) is 23.9 Å². The smallest absolute Gasteiger partial charge is 0.0700 e. The van der Waals surface area contributed by atoms with Crippen LogP contribution in [0.4, 0.5) is 0 Å². The van der Waals surface area contributed by atoms with Crippen molar-refractivity contribution in [2.24, 2.45) is 11.1 Å². The summed E-state index contributed by atoms with van der Waals surface area (Å²) in [6.45, 7) is 5.50. The molecule has 0 saturated carbocycles. The van der Waals surface area contributed by atoms with Crippen LogP contribution in [-0.2, 0) is 0 Å². The van der Waals surface area contributed by atoms with E-state index in [1.165, 1.54) is 0 Å². The van der Waals surface area contributed by atoms with E-state index in [9.17, 15) is 0 Å². The highest BCUT2D eigenvalue weighted by Crippen LogP contribution is 2.15. The fourth-order valence-electron chi connectivity index (χ4n) is 0.102. The van der Waals surface area contributed by atoms with E-state index in [0.717, 1.165) is 0 Å². The molecule has 0 aromatic heterocycles. The van der Waals surface area contributed by atoms with Crippen molar-refractivity contribution in [3.05, 3.63) is 0 Å². The van der Waals surface area contributed by atoms with Gasteiger partial charge in [-0.15, -0.1) is 12.4 Å². The van der Waals surface area contributed by atoms with Crippen molar-refractivity contribution in [2.75, 3.05) is 0 Å². The largest absolute Gasteiger partial charge is 0.327 e. The highest BCUT2D eigenvalue weighted by Gasteiger charge is 2.21. The number of halogens is 1. The maximum absolute atomic E-state index is 8.43. The average Bonchev–Trinajstić information content (AvgIpc) is 1.67. The molecule has 9 heavy (non-hydrogen) atoms. The predicted molar refractivity (Wildman–Crippen MR) is 40.3 cm³/mol. The molecule has 0 amide bonds. The van der Waals surface area contributed by atoms with Crippen molar-refractivity contribution in [2.45, 2.75) is 26.8 Å². The van der Waals surface area contributed by atoms with E-state index in [4.69, 9.17) is 11.0 Å². The normalized spacial score (nSPS) is 13.2. The van der Waals surface area contributed by atoms with E-state index in [1.807, 2.05) is 20.8 Å². The molecule has 2 N–H and O–H groups in total. The van der Waals surface area contributed by atoms with Gasteiger partial charge in [0, 0.05) is 6.04 Å². The van der Waals surface area contributed by atoms with Gasteiger partial charge >= 0.3 is 0 Å². The second-order valence-corrected chi connectivity index (χ2v) is 2.62. The summed E-state index contributed by atoms with van der Waals surface area (Å²) < 4.78 is 0. The highest BCUT2D eigenvalue weighted by atomic mass is 35.5. The minimum atomic E-state index is -0.375. The van der Waals surface area contributed by atoms with Gasteiger partial charge in [-0.3, -0.25) is 0 Å². The first-order valence-corrected chi connectivity index (χ1v) is 2.67. The van der Waals surface area contributed by atoms with Gasteiger partial charge in [0.1, 0.15) is 0 Å². The van der Waals surface area contributed by atoms with Crippen LogP contribution < -0.4 is 5.73 Å². The summed E-state index contributed by atoms with van der Waals surface area (Å²) in [5.74, 6) is 0. The summed E-state index contributed by atoms with van der Waals surface area (Å²) in [7, 11) is 0. The lowest BCUT2D eigenvalue weighted by Gasteiger charge is -2.18. The Bertz CT molecular complexity index is 113. The number of hydrogen-bond donors (Lipinski definition) is 1. The van der Waals surface area contributed by atoms with Crippen LogP contribution in [0.5, 0.6) is 0 Å². The zero-order chi connectivity index (χ0) is 6.78. The van der Waals surface area contributed by atoms with Crippen LogP contribution in [0.1, 0.15) is 20.8 Å². The van der Waals surface area contributed by atoms with Gasteiger partial charge in [0.2, 0.25) is 0 Å². The summed E-state index contributed by atoms with van der Waals surface area (Å²) in [4.78, 5) is 0. The van der Waals surface area contributed by atoms with Gasteiger partial charge in [-0.2, -0.15) is 5.26 Å². The molecule has 0 fully saturated rings. The second kappa shape index (κ2) is 3.71. The molecule has 0 radical (unpaired) electrons. The Morgan fingerprint density at radius 3 is 1.89 bits per heavy atom. The number of nitrogens with zero attached hydrogens (tertiary/aromatic N) is 1.